The van der Waals surface area contributed by atoms with Crippen LogP contribution in [0.2, 0.25) is 0 Å². The van der Waals surface area contributed by atoms with Gasteiger partial charge in [-0.05, 0) is 54.8 Å². The Morgan fingerprint density at radius 1 is 0.923 bits per heavy atom. The van der Waals surface area contributed by atoms with Crippen molar-refractivity contribution in [1.82, 2.24) is 10.2 Å². The van der Waals surface area contributed by atoms with Crippen LogP contribution in [0.4, 0.5) is 0 Å². The Kier molecular flexibility index (Phi) is 6.81. The van der Waals surface area contributed by atoms with Gasteiger partial charge in [-0.15, -0.1) is 0 Å². The summed E-state index contributed by atoms with van der Waals surface area (Å²) in [5.41, 5.74) is 4.20. The van der Waals surface area contributed by atoms with E-state index in [-0.39, 0.29) is 5.91 Å². The molecule has 2 aromatic carbocycles. The average molecular weight is 352 g/mol. The van der Waals surface area contributed by atoms with Crippen LogP contribution in [0.5, 0.6) is 0 Å². The quantitative estimate of drug-likeness (QED) is 0.825. The van der Waals surface area contributed by atoms with Crippen molar-refractivity contribution < 1.29 is 9.53 Å². The largest absolute Gasteiger partial charge is 0.380 e. The number of nitrogens with one attached hydrogen (secondary N) is 1. The van der Waals surface area contributed by atoms with Crippen LogP contribution in [0, 0.1) is 0 Å². The van der Waals surface area contributed by atoms with Crippen molar-refractivity contribution in [3.05, 3.63) is 70.8 Å². The minimum atomic E-state index is -0.0497. The number of piperidine rings is 1. The van der Waals surface area contributed by atoms with E-state index >= 15 is 0 Å². The van der Waals surface area contributed by atoms with Gasteiger partial charge in [0, 0.05) is 25.8 Å². The molecule has 0 aliphatic carbocycles. The van der Waals surface area contributed by atoms with Crippen molar-refractivity contribution in [3.8, 4) is 0 Å². The maximum atomic E-state index is 12.3. The van der Waals surface area contributed by atoms with Gasteiger partial charge >= 0.3 is 0 Å². The zero-order valence-electron chi connectivity index (χ0n) is 15.5. The first-order valence-electron chi connectivity index (χ1n) is 9.41. The third kappa shape index (κ3) is 5.41. The summed E-state index contributed by atoms with van der Waals surface area (Å²) in [6.45, 7) is 4.55. The molecule has 1 aliphatic heterocycles. The van der Waals surface area contributed by atoms with Gasteiger partial charge in [-0.2, -0.15) is 0 Å². The molecular weight excluding hydrogens is 324 g/mol. The highest BCUT2D eigenvalue weighted by atomic mass is 16.5. The summed E-state index contributed by atoms with van der Waals surface area (Å²) in [5.74, 6) is -0.0497. The number of rotatable bonds is 7. The monoisotopic (exact) mass is 352 g/mol. The highest BCUT2D eigenvalue weighted by molar-refractivity contribution is 5.94. The van der Waals surface area contributed by atoms with Crippen LogP contribution in [0.15, 0.2) is 48.5 Å². The highest BCUT2D eigenvalue weighted by Gasteiger charge is 2.10. The maximum absolute atomic E-state index is 12.3. The van der Waals surface area contributed by atoms with Crippen LogP contribution in [0.3, 0.4) is 0 Å². The summed E-state index contributed by atoms with van der Waals surface area (Å²) in [6.07, 6.45) is 4.00. The van der Waals surface area contributed by atoms with Crippen molar-refractivity contribution in [1.29, 1.82) is 0 Å². The molecule has 3 rings (SSSR count). The van der Waals surface area contributed by atoms with Crippen molar-refractivity contribution in [2.75, 3.05) is 20.2 Å². The van der Waals surface area contributed by atoms with Gasteiger partial charge in [0.15, 0.2) is 0 Å². The van der Waals surface area contributed by atoms with E-state index in [0.29, 0.717) is 18.7 Å². The van der Waals surface area contributed by atoms with Gasteiger partial charge in [-0.3, -0.25) is 9.69 Å². The van der Waals surface area contributed by atoms with Gasteiger partial charge in [-0.1, -0.05) is 42.8 Å². The first-order valence-corrected chi connectivity index (χ1v) is 9.41. The number of nitrogens with zero attached hydrogens (tertiary/aromatic N) is 1. The standard InChI is InChI=1S/C22H28N2O2/c1-26-17-20-9-11-21(12-10-20)22(25)23-15-18-5-7-19(8-6-18)16-24-13-3-2-4-14-24/h5-12H,2-4,13-17H2,1H3,(H,23,25). The Labute approximate surface area is 156 Å². The van der Waals surface area contributed by atoms with Crippen LogP contribution >= 0.6 is 0 Å². The van der Waals surface area contributed by atoms with Gasteiger partial charge in [0.25, 0.3) is 5.91 Å². The second-order valence-electron chi connectivity index (χ2n) is 6.97. The maximum Gasteiger partial charge on any atom is 0.251 e. The molecule has 0 atom stereocenters. The molecule has 26 heavy (non-hydrogen) atoms. The van der Waals surface area contributed by atoms with Crippen LogP contribution in [-0.4, -0.2) is 31.0 Å². The van der Waals surface area contributed by atoms with Gasteiger partial charge in [0.05, 0.1) is 6.61 Å². The predicted octanol–water partition coefficient (Wildman–Crippen LogP) is 3.75. The van der Waals surface area contributed by atoms with Crippen molar-refractivity contribution in [3.63, 3.8) is 0 Å². The minimum Gasteiger partial charge on any atom is -0.380 e. The van der Waals surface area contributed by atoms with E-state index < -0.39 is 0 Å². The zero-order chi connectivity index (χ0) is 18.2. The molecule has 0 unspecified atom stereocenters. The lowest BCUT2D eigenvalue weighted by Gasteiger charge is -2.26. The fraction of sp³-hybridized carbons (Fsp3) is 0.409. The number of benzene rings is 2. The van der Waals surface area contributed by atoms with Crippen LogP contribution in [0.1, 0.15) is 46.3 Å². The molecule has 0 aromatic heterocycles. The number of carbonyl (C=O) groups is 1. The number of hydrogen-bond acceptors (Lipinski definition) is 3. The number of methoxy groups -OCH3 is 1. The van der Waals surface area contributed by atoms with Gasteiger partial charge < -0.3 is 10.1 Å². The number of amides is 1. The summed E-state index contributed by atoms with van der Waals surface area (Å²) in [7, 11) is 1.67. The molecule has 0 spiro atoms. The molecule has 2 aromatic rings. The molecule has 138 valence electrons. The molecule has 1 saturated heterocycles. The Hall–Kier alpha value is -2.17. The van der Waals surface area contributed by atoms with Gasteiger partial charge in [-0.25, -0.2) is 0 Å². The first kappa shape index (κ1) is 18.6. The van der Waals surface area contributed by atoms with E-state index in [2.05, 4.69) is 34.5 Å². The van der Waals surface area contributed by atoms with Crippen molar-refractivity contribution >= 4 is 5.91 Å². The van der Waals surface area contributed by atoms with Crippen LogP contribution in [-0.2, 0) is 24.4 Å². The van der Waals surface area contributed by atoms with E-state index in [9.17, 15) is 4.79 Å². The lowest BCUT2D eigenvalue weighted by atomic mass is 10.1. The summed E-state index contributed by atoms with van der Waals surface area (Å²) >= 11 is 0. The van der Waals surface area contributed by atoms with Crippen molar-refractivity contribution in [2.24, 2.45) is 0 Å². The highest BCUT2D eigenvalue weighted by Crippen LogP contribution is 2.14. The Bertz CT molecular complexity index is 689. The molecule has 1 aliphatic rings. The summed E-state index contributed by atoms with van der Waals surface area (Å²) < 4.78 is 5.09. The molecule has 0 saturated carbocycles. The fourth-order valence-electron chi connectivity index (χ4n) is 3.34. The minimum absolute atomic E-state index is 0.0497. The summed E-state index contributed by atoms with van der Waals surface area (Å²) in [5, 5.41) is 2.99. The Morgan fingerprint density at radius 3 is 2.19 bits per heavy atom. The normalized spacial score (nSPS) is 15.0. The van der Waals surface area contributed by atoms with E-state index in [1.807, 2.05) is 24.3 Å². The van der Waals surface area contributed by atoms with Crippen molar-refractivity contribution in [2.45, 2.75) is 39.0 Å². The molecule has 4 nitrogen and oxygen atoms in total. The van der Waals surface area contributed by atoms with E-state index in [1.54, 1.807) is 7.11 Å². The lowest BCUT2D eigenvalue weighted by Crippen LogP contribution is -2.29. The van der Waals surface area contributed by atoms with E-state index in [1.165, 1.54) is 37.9 Å². The molecule has 0 bridgehead atoms. The predicted molar refractivity (Wildman–Crippen MR) is 104 cm³/mol. The van der Waals surface area contributed by atoms with Crippen LogP contribution < -0.4 is 5.32 Å². The molecule has 1 N–H and O–H groups in total. The zero-order valence-corrected chi connectivity index (χ0v) is 15.5. The van der Waals surface area contributed by atoms with Gasteiger partial charge in [0.2, 0.25) is 0 Å². The van der Waals surface area contributed by atoms with E-state index in [4.69, 9.17) is 4.74 Å². The molecule has 1 fully saturated rings. The van der Waals surface area contributed by atoms with Gasteiger partial charge in [0.1, 0.15) is 0 Å². The Morgan fingerprint density at radius 2 is 1.54 bits per heavy atom. The van der Waals surface area contributed by atoms with Crippen LogP contribution in [0.25, 0.3) is 0 Å². The van der Waals surface area contributed by atoms with E-state index in [0.717, 1.165) is 17.7 Å². The number of carbonyl (C=O) groups excluding carboxylic acids is 1. The summed E-state index contributed by atoms with van der Waals surface area (Å²) in [6, 6.07) is 16.1. The number of ether oxygens (including phenoxy) is 1. The first-order chi connectivity index (χ1) is 12.7. The molecule has 1 heterocycles. The molecular formula is C22H28N2O2. The number of hydrogen-bond donors (Lipinski definition) is 1. The third-order valence-electron chi connectivity index (χ3n) is 4.86. The molecule has 4 heteroatoms. The Balaban J connectivity index is 1.48. The average Bonchev–Trinajstić information content (AvgIpc) is 2.69. The smallest absolute Gasteiger partial charge is 0.251 e. The molecule has 0 radical (unpaired) electrons. The molecule has 1 amide bonds. The second kappa shape index (κ2) is 9.51. The second-order valence-corrected chi connectivity index (χ2v) is 6.97. The number of likely N-dealkylation sites (tertiary alicyclic amines) is 1. The lowest BCUT2D eigenvalue weighted by molar-refractivity contribution is 0.0951. The third-order valence-corrected chi connectivity index (χ3v) is 4.86. The topological polar surface area (TPSA) is 41.6 Å². The SMILES string of the molecule is COCc1ccc(C(=O)NCc2ccc(CN3CCCCC3)cc2)cc1. The fourth-order valence-corrected chi connectivity index (χ4v) is 3.34. The summed E-state index contributed by atoms with van der Waals surface area (Å²) in [4.78, 5) is 14.8.